The molecule has 0 bridgehead atoms. The van der Waals surface area contributed by atoms with Crippen LogP contribution in [0.1, 0.15) is 22.7 Å². The topological polar surface area (TPSA) is 83.5 Å². The standard InChI is InChI=1S/C18H17FN2O4/c1-9-8-12-14(17(22)21(9)2)13(10-6-4-5-7-11(10)19)15(16(20)25-12)18(23)24-3/h4-8,13H,20H2,1-3H3/t13-/m0/s1. The second kappa shape index (κ2) is 6.08. The van der Waals surface area contributed by atoms with Crippen LogP contribution in [0.25, 0.3) is 0 Å². The molecule has 0 saturated carbocycles. The molecule has 1 aliphatic rings. The molecule has 0 fully saturated rings. The summed E-state index contributed by atoms with van der Waals surface area (Å²) in [4.78, 5) is 25.1. The number of rotatable bonds is 2. The van der Waals surface area contributed by atoms with Crippen LogP contribution in [0.5, 0.6) is 5.75 Å². The molecule has 2 heterocycles. The van der Waals surface area contributed by atoms with Gasteiger partial charge in [0.15, 0.2) is 0 Å². The highest BCUT2D eigenvalue weighted by molar-refractivity contribution is 5.92. The fraction of sp³-hybridized carbons (Fsp3) is 0.222. The SMILES string of the molecule is COC(=O)C1=C(N)Oc2cc(C)n(C)c(=O)c2[C@@H]1c1ccccc1F. The summed E-state index contributed by atoms with van der Waals surface area (Å²) in [5, 5.41) is 0. The Morgan fingerprint density at radius 3 is 2.68 bits per heavy atom. The molecule has 3 rings (SSSR count). The van der Waals surface area contributed by atoms with Crippen molar-refractivity contribution in [1.29, 1.82) is 0 Å². The number of benzene rings is 1. The molecule has 7 heteroatoms. The first kappa shape index (κ1) is 16.8. The Morgan fingerprint density at radius 2 is 2.04 bits per heavy atom. The summed E-state index contributed by atoms with van der Waals surface area (Å²) < 4.78 is 26.2. The number of aromatic nitrogens is 1. The van der Waals surface area contributed by atoms with Crippen LogP contribution in [-0.4, -0.2) is 17.6 Å². The number of esters is 1. The van der Waals surface area contributed by atoms with Crippen molar-refractivity contribution >= 4 is 5.97 Å². The van der Waals surface area contributed by atoms with Gasteiger partial charge >= 0.3 is 5.97 Å². The largest absolute Gasteiger partial charge is 0.465 e. The Labute approximate surface area is 143 Å². The zero-order valence-electron chi connectivity index (χ0n) is 14.0. The third-order valence-electron chi connectivity index (χ3n) is 4.35. The predicted molar refractivity (Wildman–Crippen MR) is 88.5 cm³/mol. The Bertz CT molecular complexity index is 962. The number of aryl methyl sites for hydroxylation is 1. The maximum atomic E-state index is 14.5. The third-order valence-corrected chi connectivity index (χ3v) is 4.35. The van der Waals surface area contributed by atoms with Crippen LogP contribution in [0.3, 0.4) is 0 Å². The average Bonchev–Trinajstić information content (AvgIpc) is 2.58. The van der Waals surface area contributed by atoms with Gasteiger partial charge in [0.25, 0.3) is 5.56 Å². The third kappa shape index (κ3) is 2.57. The molecule has 25 heavy (non-hydrogen) atoms. The van der Waals surface area contributed by atoms with Gasteiger partial charge in [0.2, 0.25) is 5.88 Å². The van der Waals surface area contributed by atoms with E-state index in [2.05, 4.69) is 0 Å². The molecule has 2 N–H and O–H groups in total. The van der Waals surface area contributed by atoms with E-state index in [-0.39, 0.29) is 28.3 Å². The average molecular weight is 344 g/mol. The minimum atomic E-state index is -1.02. The highest BCUT2D eigenvalue weighted by Crippen LogP contribution is 2.41. The van der Waals surface area contributed by atoms with Crippen LogP contribution in [0.15, 0.2) is 46.6 Å². The second-order valence-corrected chi connectivity index (χ2v) is 5.75. The minimum Gasteiger partial charge on any atom is -0.465 e. The highest BCUT2D eigenvalue weighted by atomic mass is 19.1. The number of pyridine rings is 1. The van der Waals surface area contributed by atoms with Crippen molar-refractivity contribution in [3.05, 3.63) is 74.8 Å². The van der Waals surface area contributed by atoms with Crippen molar-refractivity contribution < 1.29 is 18.7 Å². The summed E-state index contributed by atoms with van der Waals surface area (Å²) in [6.45, 7) is 1.73. The quantitative estimate of drug-likeness (QED) is 0.839. The second-order valence-electron chi connectivity index (χ2n) is 5.75. The van der Waals surface area contributed by atoms with Crippen molar-refractivity contribution in [2.24, 2.45) is 12.8 Å². The summed E-state index contributed by atoms with van der Waals surface area (Å²) in [5.41, 5.74) is 6.36. The molecule has 0 unspecified atom stereocenters. The minimum absolute atomic E-state index is 0.0962. The van der Waals surface area contributed by atoms with Crippen molar-refractivity contribution in [2.75, 3.05) is 7.11 Å². The van der Waals surface area contributed by atoms with E-state index < -0.39 is 23.3 Å². The van der Waals surface area contributed by atoms with Crippen molar-refractivity contribution in [2.45, 2.75) is 12.8 Å². The zero-order chi connectivity index (χ0) is 18.3. The molecule has 0 spiro atoms. The molecule has 0 radical (unpaired) electrons. The molecule has 1 atom stereocenters. The number of nitrogens with zero attached hydrogens (tertiary/aromatic N) is 1. The molecule has 130 valence electrons. The monoisotopic (exact) mass is 344 g/mol. The fourth-order valence-electron chi connectivity index (χ4n) is 2.97. The van der Waals surface area contributed by atoms with Crippen LogP contribution in [-0.2, 0) is 16.6 Å². The summed E-state index contributed by atoms with van der Waals surface area (Å²) in [7, 11) is 2.78. The number of methoxy groups -OCH3 is 1. The summed E-state index contributed by atoms with van der Waals surface area (Å²) in [5.74, 6) is -2.35. The van der Waals surface area contributed by atoms with Gasteiger partial charge in [-0.1, -0.05) is 18.2 Å². The molecule has 6 nitrogen and oxygen atoms in total. The van der Waals surface area contributed by atoms with Gasteiger partial charge in [-0.2, -0.15) is 0 Å². The van der Waals surface area contributed by atoms with Gasteiger partial charge < -0.3 is 19.8 Å². The van der Waals surface area contributed by atoms with E-state index in [0.717, 1.165) is 0 Å². The summed E-state index contributed by atoms with van der Waals surface area (Å²) >= 11 is 0. The van der Waals surface area contributed by atoms with Crippen molar-refractivity contribution in [1.82, 2.24) is 4.57 Å². The van der Waals surface area contributed by atoms with Crippen molar-refractivity contribution in [3.63, 3.8) is 0 Å². The van der Waals surface area contributed by atoms with Gasteiger partial charge in [-0.3, -0.25) is 4.79 Å². The van der Waals surface area contributed by atoms with Crippen LogP contribution in [0.2, 0.25) is 0 Å². The Hall–Kier alpha value is -3.09. The Balaban J connectivity index is 2.39. The fourth-order valence-corrected chi connectivity index (χ4v) is 2.97. The molecule has 0 aliphatic carbocycles. The lowest BCUT2D eigenvalue weighted by Gasteiger charge is -2.28. The molecule has 1 aromatic heterocycles. The van der Waals surface area contributed by atoms with Gasteiger partial charge in [0.05, 0.1) is 18.6 Å². The number of carbonyl (C=O) groups excluding carboxylic acids is 1. The Morgan fingerprint density at radius 1 is 1.36 bits per heavy atom. The first-order chi connectivity index (χ1) is 11.9. The highest BCUT2D eigenvalue weighted by Gasteiger charge is 2.39. The van der Waals surface area contributed by atoms with Crippen LogP contribution >= 0.6 is 0 Å². The van der Waals surface area contributed by atoms with E-state index in [0.29, 0.717) is 5.69 Å². The van der Waals surface area contributed by atoms with Crippen molar-refractivity contribution in [3.8, 4) is 5.75 Å². The number of ether oxygens (including phenoxy) is 2. The molecular formula is C18H17FN2O4. The molecule has 0 saturated heterocycles. The number of fused-ring (bicyclic) bond motifs is 1. The number of halogens is 1. The number of hydrogen-bond acceptors (Lipinski definition) is 5. The van der Waals surface area contributed by atoms with Gasteiger partial charge in [-0.05, 0) is 13.0 Å². The van der Waals surface area contributed by atoms with Gasteiger partial charge in [0.1, 0.15) is 17.1 Å². The van der Waals surface area contributed by atoms with E-state index in [9.17, 15) is 14.0 Å². The van der Waals surface area contributed by atoms with E-state index in [1.54, 1.807) is 26.1 Å². The van der Waals surface area contributed by atoms with E-state index in [1.807, 2.05) is 0 Å². The normalized spacial score (nSPS) is 16.2. The van der Waals surface area contributed by atoms with Gasteiger partial charge in [-0.15, -0.1) is 0 Å². The number of hydrogen-bond donors (Lipinski definition) is 1. The maximum Gasteiger partial charge on any atom is 0.340 e. The van der Waals surface area contributed by atoms with Gasteiger partial charge in [-0.25, -0.2) is 9.18 Å². The van der Waals surface area contributed by atoms with E-state index in [1.165, 1.54) is 29.9 Å². The summed E-state index contributed by atoms with van der Waals surface area (Å²) in [6, 6.07) is 7.54. The molecule has 2 aromatic rings. The summed E-state index contributed by atoms with van der Waals surface area (Å²) in [6.07, 6.45) is 0. The lowest BCUT2D eigenvalue weighted by Crippen LogP contribution is -2.34. The maximum absolute atomic E-state index is 14.5. The molecule has 1 aliphatic heterocycles. The smallest absolute Gasteiger partial charge is 0.340 e. The molecular weight excluding hydrogens is 327 g/mol. The number of carbonyl (C=O) groups is 1. The first-order valence-electron chi connectivity index (χ1n) is 7.57. The Kier molecular flexibility index (Phi) is 4.08. The zero-order valence-corrected chi connectivity index (χ0v) is 14.0. The lowest BCUT2D eigenvalue weighted by molar-refractivity contribution is -0.136. The first-order valence-corrected chi connectivity index (χ1v) is 7.57. The van der Waals surface area contributed by atoms with Crippen LogP contribution in [0.4, 0.5) is 4.39 Å². The predicted octanol–water partition coefficient (Wildman–Crippen LogP) is 1.70. The van der Waals surface area contributed by atoms with Crippen LogP contribution < -0.4 is 16.0 Å². The lowest BCUT2D eigenvalue weighted by atomic mass is 9.83. The van der Waals surface area contributed by atoms with E-state index in [4.69, 9.17) is 15.2 Å². The van der Waals surface area contributed by atoms with Gasteiger partial charge in [0, 0.05) is 24.4 Å². The molecule has 0 amide bonds. The molecule has 1 aromatic carbocycles. The van der Waals surface area contributed by atoms with Crippen LogP contribution in [0, 0.1) is 12.7 Å². The number of nitrogens with two attached hydrogens (primary N) is 1. The van der Waals surface area contributed by atoms with E-state index >= 15 is 0 Å².